The molecule has 0 atom stereocenters. The van der Waals surface area contributed by atoms with E-state index < -0.39 is 11.9 Å². The first kappa shape index (κ1) is 16.2. The molecule has 0 aliphatic carbocycles. The third kappa shape index (κ3) is 4.07. The van der Waals surface area contributed by atoms with Crippen molar-refractivity contribution in [1.82, 2.24) is 5.32 Å². The van der Waals surface area contributed by atoms with E-state index in [0.29, 0.717) is 22.5 Å². The molecule has 0 unspecified atom stereocenters. The van der Waals surface area contributed by atoms with Crippen LogP contribution in [0.2, 0.25) is 0 Å². The molecule has 0 amide bonds. The molecule has 0 saturated heterocycles. The van der Waals surface area contributed by atoms with E-state index in [9.17, 15) is 9.59 Å². The standard InChI is InChI=1S/C13H19NO6/c1-8-10(12(17)19-5-3-15)7-11(9(2)14-8)13(18)20-6-4-16/h14-16H,3-7H2,1-2H3. The zero-order chi connectivity index (χ0) is 15.1. The monoisotopic (exact) mass is 285 g/mol. The number of carbonyl (C=O) groups is 2. The molecule has 0 saturated carbocycles. The molecule has 1 rings (SSSR count). The Bertz CT molecular complexity index is 412. The molecule has 0 radical (unpaired) electrons. The van der Waals surface area contributed by atoms with E-state index in [1.807, 2.05) is 0 Å². The summed E-state index contributed by atoms with van der Waals surface area (Å²) in [6.45, 7) is 2.70. The number of aliphatic hydroxyl groups excluding tert-OH is 2. The average Bonchev–Trinajstić information content (AvgIpc) is 2.42. The summed E-state index contributed by atoms with van der Waals surface area (Å²) in [5, 5.41) is 20.2. The van der Waals surface area contributed by atoms with Crippen LogP contribution in [0.5, 0.6) is 0 Å². The fraction of sp³-hybridized carbons (Fsp3) is 0.538. The van der Waals surface area contributed by atoms with Crippen LogP contribution in [0.4, 0.5) is 0 Å². The molecule has 1 aliphatic heterocycles. The molecule has 3 N–H and O–H groups in total. The Labute approximate surface area is 116 Å². The van der Waals surface area contributed by atoms with Crippen molar-refractivity contribution in [3.8, 4) is 0 Å². The van der Waals surface area contributed by atoms with Crippen molar-refractivity contribution in [3.05, 3.63) is 22.5 Å². The second-order valence-corrected chi connectivity index (χ2v) is 4.23. The van der Waals surface area contributed by atoms with E-state index in [0.717, 1.165) is 0 Å². The summed E-state index contributed by atoms with van der Waals surface area (Å²) >= 11 is 0. The van der Waals surface area contributed by atoms with Gasteiger partial charge in [-0.2, -0.15) is 0 Å². The predicted octanol–water partition coefficient (Wildman–Crippen LogP) is -0.401. The third-order valence-electron chi connectivity index (χ3n) is 2.78. The second kappa shape index (κ2) is 7.66. The minimum absolute atomic E-state index is 0.0946. The number of dihydropyridines is 1. The molecular weight excluding hydrogens is 266 g/mol. The van der Waals surface area contributed by atoms with Gasteiger partial charge in [0.25, 0.3) is 0 Å². The van der Waals surface area contributed by atoms with Crippen LogP contribution in [0.15, 0.2) is 22.5 Å². The Morgan fingerprint density at radius 2 is 1.40 bits per heavy atom. The van der Waals surface area contributed by atoms with Gasteiger partial charge in [-0.3, -0.25) is 0 Å². The van der Waals surface area contributed by atoms with Gasteiger partial charge in [-0.1, -0.05) is 0 Å². The number of ether oxygens (including phenoxy) is 2. The smallest absolute Gasteiger partial charge is 0.336 e. The number of rotatable bonds is 6. The number of nitrogens with one attached hydrogen (secondary N) is 1. The lowest BCUT2D eigenvalue weighted by Gasteiger charge is -2.22. The van der Waals surface area contributed by atoms with Gasteiger partial charge < -0.3 is 25.0 Å². The SMILES string of the molecule is CC1=C(C(=O)OCCO)CC(C(=O)OCCO)=C(C)N1. The van der Waals surface area contributed by atoms with E-state index >= 15 is 0 Å². The van der Waals surface area contributed by atoms with Gasteiger partial charge in [0.2, 0.25) is 0 Å². The Hall–Kier alpha value is -1.86. The lowest BCUT2D eigenvalue weighted by molar-refractivity contribution is -0.140. The molecular formula is C13H19NO6. The first-order valence-electron chi connectivity index (χ1n) is 6.23. The highest BCUT2D eigenvalue weighted by molar-refractivity contribution is 5.96. The first-order chi connectivity index (χ1) is 9.51. The number of hydrogen-bond acceptors (Lipinski definition) is 7. The summed E-state index contributed by atoms with van der Waals surface area (Å²) in [5.41, 5.74) is 1.84. The van der Waals surface area contributed by atoms with Crippen molar-refractivity contribution in [1.29, 1.82) is 0 Å². The molecule has 0 bridgehead atoms. The summed E-state index contributed by atoms with van der Waals surface area (Å²) in [5.74, 6) is -1.16. The van der Waals surface area contributed by atoms with E-state index in [2.05, 4.69) is 5.32 Å². The topological polar surface area (TPSA) is 105 Å². The molecule has 0 aromatic rings. The molecule has 20 heavy (non-hydrogen) atoms. The van der Waals surface area contributed by atoms with E-state index in [-0.39, 0.29) is 32.8 Å². The lowest BCUT2D eigenvalue weighted by Crippen LogP contribution is -2.27. The fourth-order valence-electron chi connectivity index (χ4n) is 1.78. The Balaban J connectivity index is 2.79. The van der Waals surface area contributed by atoms with Crippen LogP contribution in [0.3, 0.4) is 0 Å². The third-order valence-corrected chi connectivity index (χ3v) is 2.78. The molecule has 0 spiro atoms. The van der Waals surface area contributed by atoms with Gasteiger partial charge in [-0.05, 0) is 13.8 Å². The number of carbonyl (C=O) groups excluding carboxylic acids is 2. The highest BCUT2D eigenvalue weighted by Gasteiger charge is 2.26. The maximum atomic E-state index is 11.8. The zero-order valence-corrected chi connectivity index (χ0v) is 11.6. The van der Waals surface area contributed by atoms with Crippen molar-refractivity contribution in [2.45, 2.75) is 20.3 Å². The molecule has 112 valence electrons. The number of esters is 2. The van der Waals surface area contributed by atoms with Gasteiger partial charge in [-0.15, -0.1) is 0 Å². The van der Waals surface area contributed by atoms with Crippen LogP contribution in [-0.4, -0.2) is 48.6 Å². The van der Waals surface area contributed by atoms with Crippen molar-refractivity contribution in [2.24, 2.45) is 0 Å². The van der Waals surface area contributed by atoms with E-state index in [4.69, 9.17) is 19.7 Å². The van der Waals surface area contributed by atoms with Gasteiger partial charge in [0.1, 0.15) is 13.2 Å². The molecule has 7 nitrogen and oxygen atoms in total. The molecule has 1 heterocycles. The molecule has 1 aliphatic rings. The van der Waals surface area contributed by atoms with Gasteiger partial charge in [0, 0.05) is 17.8 Å². The molecule has 0 aromatic heterocycles. The largest absolute Gasteiger partial charge is 0.460 e. The fourth-order valence-corrected chi connectivity index (χ4v) is 1.78. The van der Waals surface area contributed by atoms with Crippen molar-refractivity contribution in [3.63, 3.8) is 0 Å². The normalized spacial score (nSPS) is 15.0. The average molecular weight is 285 g/mol. The van der Waals surface area contributed by atoms with Crippen LogP contribution in [0.1, 0.15) is 20.3 Å². The minimum atomic E-state index is -0.580. The summed E-state index contributed by atoms with van der Waals surface area (Å²) in [6.07, 6.45) is 0.0964. The molecule has 0 fully saturated rings. The van der Waals surface area contributed by atoms with Gasteiger partial charge in [0.05, 0.1) is 24.4 Å². The molecule has 7 heteroatoms. The lowest BCUT2D eigenvalue weighted by atomic mass is 9.98. The maximum absolute atomic E-state index is 11.8. The van der Waals surface area contributed by atoms with E-state index in [1.165, 1.54) is 0 Å². The summed E-state index contributed by atoms with van der Waals surface area (Å²) in [4.78, 5) is 23.6. The maximum Gasteiger partial charge on any atom is 0.336 e. The van der Waals surface area contributed by atoms with Crippen molar-refractivity contribution < 1.29 is 29.3 Å². The van der Waals surface area contributed by atoms with Crippen LogP contribution in [0, 0.1) is 0 Å². The molecule has 0 aromatic carbocycles. The summed E-state index contributed by atoms with van der Waals surface area (Å²) < 4.78 is 9.69. The summed E-state index contributed by atoms with van der Waals surface area (Å²) in [7, 11) is 0. The Morgan fingerprint density at radius 1 is 1.00 bits per heavy atom. The zero-order valence-electron chi connectivity index (χ0n) is 11.6. The number of hydrogen-bond donors (Lipinski definition) is 3. The van der Waals surface area contributed by atoms with E-state index in [1.54, 1.807) is 13.8 Å². The van der Waals surface area contributed by atoms with Crippen molar-refractivity contribution in [2.75, 3.05) is 26.4 Å². The Morgan fingerprint density at radius 3 is 1.75 bits per heavy atom. The quantitative estimate of drug-likeness (QED) is 0.570. The van der Waals surface area contributed by atoms with Gasteiger partial charge in [0.15, 0.2) is 0 Å². The van der Waals surface area contributed by atoms with Crippen LogP contribution in [0.25, 0.3) is 0 Å². The summed E-state index contributed by atoms with van der Waals surface area (Å²) in [6, 6.07) is 0. The van der Waals surface area contributed by atoms with Crippen LogP contribution < -0.4 is 5.32 Å². The number of aliphatic hydroxyl groups is 2. The highest BCUT2D eigenvalue weighted by atomic mass is 16.5. The van der Waals surface area contributed by atoms with Gasteiger partial charge in [-0.25, -0.2) is 9.59 Å². The minimum Gasteiger partial charge on any atom is -0.460 e. The second-order valence-electron chi connectivity index (χ2n) is 4.23. The Kier molecular flexibility index (Phi) is 6.20. The predicted molar refractivity (Wildman–Crippen MR) is 69.2 cm³/mol. The van der Waals surface area contributed by atoms with Crippen molar-refractivity contribution >= 4 is 11.9 Å². The van der Waals surface area contributed by atoms with Gasteiger partial charge >= 0.3 is 11.9 Å². The number of allylic oxidation sites excluding steroid dienone is 2. The first-order valence-corrected chi connectivity index (χ1v) is 6.23. The van der Waals surface area contributed by atoms with Crippen LogP contribution in [-0.2, 0) is 19.1 Å². The highest BCUT2D eigenvalue weighted by Crippen LogP contribution is 2.24. The van der Waals surface area contributed by atoms with Crippen LogP contribution >= 0.6 is 0 Å².